The van der Waals surface area contributed by atoms with Crippen LogP contribution in [0, 0.1) is 11.8 Å². The number of hydrogen-bond donors (Lipinski definition) is 6. The largest absolute Gasteiger partial charge is 0.507 e. The van der Waals surface area contributed by atoms with Crippen LogP contribution < -0.4 is 10.6 Å². The van der Waals surface area contributed by atoms with Crippen LogP contribution in [-0.4, -0.2) is 55.3 Å². The number of aliphatic carboxylic acids is 2. The van der Waals surface area contributed by atoms with E-state index >= 15 is 0 Å². The van der Waals surface area contributed by atoms with Crippen LogP contribution in [0.3, 0.4) is 0 Å². The van der Waals surface area contributed by atoms with E-state index in [0.717, 1.165) is 0 Å². The Kier molecular flexibility index (Phi) is 16.1. The number of aromatic hydroxyl groups is 2. The zero-order chi connectivity index (χ0) is 46.0. The van der Waals surface area contributed by atoms with E-state index in [1.54, 1.807) is 41.5 Å². The van der Waals surface area contributed by atoms with E-state index in [1.807, 2.05) is 107 Å². The first-order valence-electron chi connectivity index (χ1n) is 21.0. The number of carbonyl (C=O) groups excluding carboxylic acids is 2. The Balaban J connectivity index is 3.33. The van der Waals surface area contributed by atoms with Crippen molar-refractivity contribution in [2.75, 3.05) is 0 Å². The van der Waals surface area contributed by atoms with Gasteiger partial charge >= 0.3 is 11.9 Å². The van der Waals surface area contributed by atoms with Crippen molar-refractivity contribution < 1.29 is 39.6 Å². The van der Waals surface area contributed by atoms with Crippen LogP contribution in [-0.2, 0) is 40.8 Å². The molecule has 2 aromatic rings. The smallest absolute Gasteiger partial charge is 0.308 e. The topological polar surface area (TPSA) is 173 Å². The summed E-state index contributed by atoms with van der Waals surface area (Å²) >= 11 is 1.24. The number of hydrogen-bond acceptors (Lipinski definition) is 7. The highest BCUT2D eigenvalue weighted by Crippen LogP contribution is 2.55. The maximum absolute atomic E-state index is 13.8. The summed E-state index contributed by atoms with van der Waals surface area (Å²) in [4.78, 5) is 53.2. The number of benzene rings is 2. The molecule has 0 aliphatic heterocycles. The van der Waals surface area contributed by atoms with Gasteiger partial charge in [0, 0.05) is 34.4 Å². The standard InChI is InChI=1S/C48H76N2O8S/c1-19-35(51)49-47(15,16)25-29(41(55)56)39(27-21-31(43(3,4)5)37(53)32(22-27)44(6,7)8)59-40(30(42(57)58)26-48(17,18)50-36(52)20-2)28-23-33(45(9,10)11)38(54)34(24-28)46(12,13)14/h21-24,29-30,39-40,53-54H,19-20,25-26H2,1-18H3,(H,49,51)(H,50,52)(H,55,56)(H,57,58). The molecule has 0 aliphatic carbocycles. The fourth-order valence-electron chi connectivity index (χ4n) is 7.68. The van der Waals surface area contributed by atoms with Gasteiger partial charge in [-0.1, -0.05) is 121 Å². The number of phenols is 2. The molecule has 332 valence electrons. The lowest BCUT2D eigenvalue weighted by Crippen LogP contribution is -2.46. The minimum absolute atomic E-state index is 0.000880. The molecule has 0 aliphatic rings. The van der Waals surface area contributed by atoms with E-state index in [-0.39, 0.29) is 49.0 Å². The molecule has 10 nitrogen and oxygen atoms in total. The molecule has 0 saturated carbocycles. The third-order valence-electron chi connectivity index (χ3n) is 10.9. The van der Waals surface area contributed by atoms with Crippen molar-refractivity contribution in [2.24, 2.45) is 11.8 Å². The number of nitrogens with one attached hydrogen (secondary N) is 2. The van der Waals surface area contributed by atoms with Crippen LogP contribution in [0.4, 0.5) is 0 Å². The van der Waals surface area contributed by atoms with Gasteiger partial charge in [0.1, 0.15) is 11.5 Å². The first-order chi connectivity index (χ1) is 26.5. The molecule has 2 amide bonds. The Hall–Kier alpha value is -3.73. The molecule has 4 unspecified atom stereocenters. The van der Waals surface area contributed by atoms with Crippen molar-refractivity contribution in [1.29, 1.82) is 0 Å². The molecular formula is C48H76N2O8S. The Morgan fingerprint density at radius 2 is 0.746 bits per heavy atom. The summed E-state index contributed by atoms with van der Waals surface area (Å²) in [6.45, 7) is 34.4. The molecule has 0 aromatic heterocycles. The molecule has 4 atom stereocenters. The number of phenolic OH excluding ortho intramolecular Hbond substituents is 2. The summed E-state index contributed by atoms with van der Waals surface area (Å²) in [5, 5.41) is 50.3. The maximum atomic E-state index is 13.8. The number of carboxylic acid groups (broad SMARTS) is 2. The van der Waals surface area contributed by atoms with E-state index in [9.17, 15) is 39.6 Å². The van der Waals surface area contributed by atoms with Gasteiger partial charge in [-0.2, -0.15) is 0 Å². The summed E-state index contributed by atoms with van der Waals surface area (Å²) in [6.07, 6.45) is 0.420. The molecule has 11 heteroatoms. The number of rotatable bonds is 16. The number of carboxylic acids is 2. The highest BCUT2D eigenvalue weighted by molar-refractivity contribution is 7.99. The van der Waals surface area contributed by atoms with Crippen LogP contribution in [0.1, 0.15) is 194 Å². The lowest BCUT2D eigenvalue weighted by Gasteiger charge is -2.39. The molecule has 0 heterocycles. The Morgan fingerprint density at radius 3 is 0.932 bits per heavy atom. The van der Waals surface area contributed by atoms with E-state index in [2.05, 4.69) is 10.6 Å². The van der Waals surface area contributed by atoms with Crippen molar-refractivity contribution in [3.8, 4) is 11.5 Å². The van der Waals surface area contributed by atoms with Gasteiger partial charge < -0.3 is 31.1 Å². The lowest BCUT2D eigenvalue weighted by molar-refractivity contribution is -0.143. The quantitative estimate of drug-likeness (QED) is 0.0962. The highest BCUT2D eigenvalue weighted by atomic mass is 32.2. The maximum Gasteiger partial charge on any atom is 0.308 e. The second kappa shape index (κ2) is 18.5. The van der Waals surface area contributed by atoms with Gasteiger partial charge in [0.25, 0.3) is 0 Å². The Bertz CT molecular complexity index is 1650. The summed E-state index contributed by atoms with van der Waals surface area (Å²) in [7, 11) is 0. The van der Waals surface area contributed by atoms with E-state index < -0.39 is 67.0 Å². The second-order valence-electron chi connectivity index (χ2n) is 21.8. The van der Waals surface area contributed by atoms with Crippen LogP contribution in [0.2, 0.25) is 0 Å². The molecule has 0 radical (unpaired) electrons. The predicted octanol–water partition coefficient (Wildman–Crippen LogP) is 10.6. The zero-order valence-corrected chi connectivity index (χ0v) is 40.1. The summed E-state index contributed by atoms with van der Waals surface area (Å²) in [5.41, 5.74) is -0.503. The van der Waals surface area contributed by atoms with Crippen LogP contribution in [0.15, 0.2) is 24.3 Å². The molecule has 0 bridgehead atoms. The summed E-state index contributed by atoms with van der Waals surface area (Å²) in [6, 6.07) is 7.41. The SMILES string of the molecule is CCC(=O)NC(C)(C)CC(C(=O)O)C(SC(c1cc(C(C)(C)C)c(O)c(C(C)(C)C)c1)C(CC(C)(C)NC(=O)CC)C(=O)O)c1cc(C(C)(C)C)c(O)c(C(C)(C)C)c1. The minimum atomic E-state index is -1.16. The third-order valence-corrected chi connectivity index (χ3v) is 12.7. The van der Waals surface area contributed by atoms with E-state index in [4.69, 9.17) is 0 Å². The van der Waals surface area contributed by atoms with Crippen molar-refractivity contribution in [2.45, 2.75) is 194 Å². The van der Waals surface area contributed by atoms with Gasteiger partial charge in [0.2, 0.25) is 11.8 Å². The molecule has 6 N–H and O–H groups in total. The predicted molar refractivity (Wildman–Crippen MR) is 241 cm³/mol. The van der Waals surface area contributed by atoms with Crippen LogP contribution in [0.25, 0.3) is 0 Å². The molecular weight excluding hydrogens is 765 g/mol. The number of carbonyl (C=O) groups is 4. The lowest BCUT2D eigenvalue weighted by atomic mass is 9.76. The first-order valence-corrected chi connectivity index (χ1v) is 21.9. The number of thioether (sulfide) groups is 1. The van der Waals surface area contributed by atoms with Crippen LogP contribution >= 0.6 is 11.8 Å². The van der Waals surface area contributed by atoms with Gasteiger partial charge in [0.05, 0.1) is 11.8 Å². The Morgan fingerprint density at radius 1 is 0.508 bits per heavy atom. The normalized spacial score (nSPS) is 15.2. The second-order valence-corrected chi connectivity index (χ2v) is 23.1. The van der Waals surface area contributed by atoms with Gasteiger partial charge in [-0.15, -0.1) is 11.8 Å². The monoisotopic (exact) mass is 841 g/mol. The van der Waals surface area contributed by atoms with Gasteiger partial charge in [-0.05, 0) is 95.6 Å². The fraction of sp³-hybridized carbons (Fsp3) is 0.667. The molecule has 0 fully saturated rings. The zero-order valence-electron chi connectivity index (χ0n) is 39.3. The van der Waals surface area contributed by atoms with Crippen molar-refractivity contribution in [3.63, 3.8) is 0 Å². The van der Waals surface area contributed by atoms with Crippen LogP contribution in [0.5, 0.6) is 11.5 Å². The Labute approximate surface area is 359 Å². The molecule has 2 aromatic carbocycles. The highest BCUT2D eigenvalue weighted by Gasteiger charge is 2.44. The summed E-state index contributed by atoms with van der Waals surface area (Å²) in [5.74, 6) is -4.79. The van der Waals surface area contributed by atoms with Gasteiger partial charge in [-0.25, -0.2) is 0 Å². The first kappa shape index (κ1) is 51.4. The average Bonchev–Trinajstić information content (AvgIpc) is 3.04. The van der Waals surface area contributed by atoms with Crippen molar-refractivity contribution in [3.05, 3.63) is 57.6 Å². The van der Waals surface area contributed by atoms with Crippen molar-refractivity contribution >= 4 is 35.5 Å². The molecule has 0 spiro atoms. The minimum Gasteiger partial charge on any atom is -0.507 e. The molecule has 0 saturated heterocycles. The molecule has 59 heavy (non-hydrogen) atoms. The van der Waals surface area contributed by atoms with Gasteiger partial charge in [0.15, 0.2) is 0 Å². The average molecular weight is 841 g/mol. The molecule has 2 rings (SSSR count). The summed E-state index contributed by atoms with van der Waals surface area (Å²) < 4.78 is 0. The van der Waals surface area contributed by atoms with Gasteiger partial charge in [-0.3, -0.25) is 19.2 Å². The van der Waals surface area contributed by atoms with E-state index in [1.165, 1.54) is 11.8 Å². The van der Waals surface area contributed by atoms with E-state index in [0.29, 0.717) is 33.4 Å². The fourth-order valence-corrected chi connectivity index (χ4v) is 9.39. The third kappa shape index (κ3) is 13.6. The van der Waals surface area contributed by atoms with Crippen molar-refractivity contribution in [1.82, 2.24) is 10.6 Å². The number of amides is 2.